The van der Waals surface area contributed by atoms with E-state index >= 15 is 0 Å². The van der Waals surface area contributed by atoms with E-state index in [1.165, 1.54) is 12.8 Å². The molecule has 4 nitrogen and oxygen atoms in total. The van der Waals surface area contributed by atoms with Crippen molar-refractivity contribution < 1.29 is 9.52 Å². The Kier molecular flexibility index (Phi) is 4.21. The van der Waals surface area contributed by atoms with Gasteiger partial charge in [0.1, 0.15) is 11.3 Å². The van der Waals surface area contributed by atoms with Crippen LogP contribution in [0, 0.1) is 5.92 Å². The molecule has 0 aliphatic carbocycles. The van der Waals surface area contributed by atoms with E-state index in [1.807, 2.05) is 13.0 Å². The Balaban J connectivity index is 1.98. The zero-order valence-corrected chi connectivity index (χ0v) is 13.3. The van der Waals surface area contributed by atoms with E-state index in [0.717, 1.165) is 48.5 Å². The maximum absolute atomic E-state index is 11.8. The third kappa shape index (κ3) is 3.02. The molecule has 2 aromatic rings. The van der Waals surface area contributed by atoms with Crippen molar-refractivity contribution in [2.45, 2.75) is 39.7 Å². The van der Waals surface area contributed by atoms with Crippen LogP contribution in [-0.2, 0) is 13.0 Å². The van der Waals surface area contributed by atoms with Crippen LogP contribution in [0.25, 0.3) is 11.0 Å². The average molecular weight is 301 g/mol. The van der Waals surface area contributed by atoms with Crippen molar-refractivity contribution in [3.05, 3.63) is 39.7 Å². The van der Waals surface area contributed by atoms with Crippen molar-refractivity contribution >= 4 is 11.0 Å². The molecule has 0 atom stereocenters. The minimum atomic E-state index is -0.350. The van der Waals surface area contributed by atoms with Gasteiger partial charge in [0.2, 0.25) is 0 Å². The van der Waals surface area contributed by atoms with E-state index in [2.05, 4.69) is 11.8 Å². The van der Waals surface area contributed by atoms with Crippen LogP contribution in [0.2, 0.25) is 0 Å². The molecular formula is C18H23NO3. The second-order valence-corrected chi connectivity index (χ2v) is 6.38. The molecule has 1 saturated heterocycles. The fraction of sp³-hybridized carbons (Fsp3) is 0.500. The number of nitrogens with zero attached hydrogens (tertiary/aromatic N) is 1. The highest BCUT2D eigenvalue weighted by atomic mass is 16.4. The van der Waals surface area contributed by atoms with Gasteiger partial charge in [-0.05, 0) is 55.5 Å². The molecule has 0 saturated carbocycles. The van der Waals surface area contributed by atoms with Crippen LogP contribution in [0.5, 0.6) is 5.75 Å². The molecule has 2 heterocycles. The van der Waals surface area contributed by atoms with Gasteiger partial charge >= 0.3 is 5.63 Å². The van der Waals surface area contributed by atoms with E-state index in [4.69, 9.17) is 4.42 Å². The van der Waals surface area contributed by atoms with Crippen LogP contribution in [0.1, 0.15) is 37.8 Å². The van der Waals surface area contributed by atoms with Crippen molar-refractivity contribution in [3.63, 3.8) is 0 Å². The van der Waals surface area contributed by atoms with E-state index < -0.39 is 0 Å². The van der Waals surface area contributed by atoms with Gasteiger partial charge in [-0.3, -0.25) is 4.90 Å². The lowest BCUT2D eigenvalue weighted by Gasteiger charge is -2.30. The van der Waals surface area contributed by atoms with Gasteiger partial charge in [0.25, 0.3) is 0 Å². The fourth-order valence-corrected chi connectivity index (χ4v) is 3.18. The molecule has 118 valence electrons. The Morgan fingerprint density at radius 2 is 1.95 bits per heavy atom. The number of piperidine rings is 1. The highest BCUT2D eigenvalue weighted by Gasteiger charge is 2.18. The molecule has 1 aromatic carbocycles. The molecule has 0 spiro atoms. The summed E-state index contributed by atoms with van der Waals surface area (Å²) in [5, 5.41) is 10.9. The number of fused-ring (bicyclic) bond motifs is 1. The predicted octanol–water partition coefficient (Wildman–Crippen LogP) is 3.29. The minimum Gasteiger partial charge on any atom is -0.508 e. The van der Waals surface area contributed by atoms with Gasteiger partial charge in [0.05, 0.1) is 0 Å². The maximum Gasteiger partial charge on any atom is 0.336 e. The SMILES string of the molecule is CCc1cc2c(CN3CCC(C)CC3)cc(=O)oc2cc1O. The average Bonchev–Trinajstić information content (AvgIpc) is 2.49. The van der Waals surface area contributed by atoms with E-state index in [9.17, 15) is 9.90 Å². The van der Waals surface area contributed by atoms with Gasteiger partial charge in [-0.1, -0.05) is 13.8 Å². The molecule has 1 aliphatic rings. The fourth-order valence-electron chi connectivity index (χ4n) is 3.18. The summed E-state index contributed by atoms with van der Waals surface area (Å²) in [7, 11) is 0. The summed E-state index contributed by atoms with van der Waals surface area (Å²) in [5.41, 5.74) is 2.00. The van der Waals surface area contributed by atoms with Crippen LogP contribution in [0.3, 0.4) is 0 Å². The lowest BCUT2D eigenvalue weighted by Crippen LogP contribution is -2.32. The number of phenols is 1. The molecule has 1 aromatic heterocycles. The monoisotopic (exact) mass is 301 g/mol. The summed E-state index contributed by atoms with van der Waals surface area (Å²) in [4.78, 5) is 14.2. The molecule has 1 aliphatic heterocycles. The third-order valence-corrected chi connectivity index (χ3v) is 4.68. The lowest BCUT2D eigenvalue weighted by atomic mass is 9.98. The van der Waals surface area contributed by atoms with Crippen molar-refractivity contribution in [2.24, 2.45) is 5.92 Å². The number of aryl methyl sites for hydroxylation is 1. The normalized spacial score (nSPS) is 17.2. The Labute approximate surface area is 130 Å². The van der Waals surface area contributed by atoms with Gasteiger partial charge in [-0.2, -0.15) is 0 Å². The Morgan fingerprint density at radius 1 is 1.23 bits per heavy atom. The number of hydrogen-bond acceptors (Lipinski definition) is 4. The van der Waals surface area contributed by atoms with E-state index in [0.29, 0.717) is 5.58 Å². The van der Waals surface area contributed by atoms with Crippen molar-refractivity contribution in [2.75, 3.05) is 13.1 Å². The highest BCUT2D eigenvalue weighted by molar-refractivity contribution is 5.82. The third-order valence-electron chi connectivity index (χ3n) is 4.68. The second-order valence-electron chi connectivity index (χ2n) is 6.38. The minimum absolute atomic E-state index is 0.196. The van der Waals surface area contributed by atoms with Crippen molar-refractivity contribution in [3.8, 4) is 5.75 Å². The first-order valence-corrected chi connectivity index (χ1v) is 8.07. The first-order chi connectivity index (χ1) is 10.6. The molecule has 1 fully saturated rings. The predicted molar refractivity (Wildman–Crippen MR) is 87.2 cm³/mol. The van der Waals surface area contributed by atoms with Gasteiger partial charge in [0.15, 0.2) is 0 Å². The first-order valence-electron chi connectivity index (χ1n) is 8.07. The summed E-state index contributed by atoms with van der Waals surface area (Å²) < 4.78 is 5.25. The molecule has 3 rings (SSSR count). The van der Waals surface area contributed by atoms with Crippen molar-refractivity contribution in [1.82, 2.24) is 4.90 Å². The Hall–Kier alpha value is -1.81. The number of aromatic hydroxyl groups is 1. The van der Waals surface area contributed by atoms with E-state index in [-0.39, 0.29) is 11.4 Å². The largest absolute Gasteiger partial charge is 0.508 e. The Bertz CT molecular complexity index is 727. The lowest BCUT2D eigenvalue weighted by molar-refractivity contribution is 0.185. The summed E-state index contributed by atoms with van der Waals surface area (Å²) in [6.07, 6.45) is 3.17. The van der Waals surface area contributed by atoms with Gasteiger partial charge in [-0.15, -0.1) is 0 Å². The molecule has 0 amide bonds. The summed E-state index contributed by atoms with van der Waals surface area (Å²) in [6, 6.07) is 5.11. The van der Waals surface area contributed by atoms with Crippen molar-refractivity contribution in [1.29, 1.82) is 0 Å². The number of phenolic OH excluding ortho intramolecular Hbond substituents is 1. The van der Waals surface area contributed by atoms with Crippen LogP contribution in [0.15, 0.2) is 27.4 Å². The summed E-state index contributed by atoms with van der Waals surface area (Å²) in [6.45, 7) is 7.21. The van der Waals surface area contributed by atoms with Crippen LogP contribution < -0.4 is 5.63 Å². The molecule has 0 bridgehead atoms. The number of benzene rings is 1. The van der Waals surface area contributed by atoms with Gasteiger partial charge in [-0.25, -0.2) is 4.79 Å². The smallest absolute Gasteiger partial charge is 0.336 e. The van der Waals surface area contributed by atoms with E-state index in [1.54, 1.807) is 12.1 Å². The number of rotatable bonds is 3. The van der Waals surface area contributed by atoms with Crippen LogP contribution in [0.4, 0.5) is 0 Å². The zero-order valence-electron chi connectivity index (χ0n) is 13.3. The molecule has 1 N–H and O–H groups in total. The standard InChI is InChI=1S/C18H23NO3/c1-3-13-8-15-14(11-19-6-4-12(2)5-7-19)9-18(21)22-17(15)10-16(13)20/h8-10,12,20H,3-7,11H2,1-2H3. The molecule has 22 heavy (non-hydrogen) atoms. The summed E-state index contributed by atoms with van der Waals surface area (Å²) >= 11 is 0. The summed E-state index contributed by atoms with van der Waals surface area (Å²) in [5.74, 6) is 0.986. The number of hydrogen-bond donors (Lipinski definition) is 1. The van der Waals surface area contributed by atoms with Crippen LogP contribution in [-0.4, -0.2) is 23.1 Å². The van der Waals surface area contributed by atoms with Crippen LogP contribution >= 0.6 is 0 Å². The maximum atomic E-state index is 11.8. The molecular weight excluding hydrogens is 278 g/mol. The molecule has 0 unspecified atom stereocenters. The molecule has 4 heteroatoms. The molecule has 0 radical (unpaired) electrons. The van der Waals surface area contributed by atoms with Gasteiger partial charge < -0.3 is 9.52 Å². The Morgan fingerprint density at radius 3 is 2.64 bits per heavy atom. The first kappa shape index (κ1) is 15.1. The highest BCUT2D eigenvalue weighted by Crippen LogP contribution is 2.28. The quantitative estimate of drug-likeness (QED) is 0.884. The topological polar surface area (TPSA) is 53.7 Å². The second kappa shape index (κ2) is 6.13. The number of likely N-dealkylation sites (tertiary alicyclic amines) is 1. The zero-order chi connectivity index (χ0) is 15.7. The van der Waals surface area contributed by atoms with Gasteiger partial charge in [0, 0.05) is 24.1 Å².